The number of carbonyl (C=O) groups excluding carboxylic acids is 1. The van der Waals surface area contributed by atoms with Crippen LogP contribution in [0.15, 0.2) is 47.4 Å². The van der Waals surface area contributed by atoms with Gasteiger partial charge in [0.25, 0.3) is 0 Å². The van der Waals surface area contributed by atoms with E-state index in [0.29, 0.717) is 22.2 Å². The molecule has 0 heterocycles. The first-order valence-electron chi connectivity index (χ1n) is 8.51. The summed E-state index contributed by atoms with van der Waals surface area (Å²) >= 11 is 12.0. The van der Waals surface area contributed by atoms with E-state index in [-0.39, 0.29) is 23.9 Å². The van der Waals surface area contributed by atoms with E-state index in [0.717, 1.165) is 16.3 Å². The van der Waals surface area contributed by atoms with Gasteiger partial charge in [0.15, 0.2) is 0 Å². The van der Waals surface area contributed by atoms with Gasteiger partial charge in [0, 0.05) is 13.1 Å². The second kappa shape index (κ2) is 9.55. The molecule has 5 nitrogen and oxygen atoms in total. The number of nitrogens with zero attached hydrogens (tertiary/aromatic N) is 1. The van der Waals surface area contributed by atoms with Crippen LogP contribution in [0.4, 0.5) is 0 Å². The summed E-state index contributed by atoms with van der Waals surface area (Å²) < 4.78 is 27.3. The van der Waals surface area contributed by atoms with Crippen molar-refractivity contribution >= 4 is 39.1 Å². The maximum atomic E-state index is 13.1. The predicted molar refractivity (Wildman–Crippen MR) is 109 cm³/mol. The van der Waals surface area contributed by atoms with Crippen LogP contribution in [0.3, 0.4) is 0 Å². The van der Waals surface area contributed by atoms with E-state index >= 15 is 0 Å². The Kier molecular flexibility index (Phi) is 7.68. The van der Waals surface area contributed by atoms with E-state index in [9.17, 15) is 13.2 Å². The molecule has 0 saturated carbocycles. The van der Waals surface area contributed by atoms with Gasteiger partial charge < -0.3 is 5.32 Å². The van der Waals surface area contributed by atoms with Crippen molar-refractivity contribution in [3.8, 4) is 0 Å². The van der Waals surface area contributed by atoms with Crippen molar-refractivity contribution in [2.24, 2.45) is 0 Å². The molecule has 0 spiro atoms. The van der Waals surface area contributed by atoms with Gasteiger partial charge in [0.2, 0.25) is 15.9 Å². The minimum Gasteiger partial charge on any atom is -0.355 e. The van der Waals surface area contributed by atoms with E-state index in [4.69, 9.17) is 23.2 Å². The van der Waals surface area contributed by atoms with Crippen LogP contribution < -0.4 is 5.32 Å². The predicted octanol–water partition coefficient (Wildman–Crippen LogP) is 4.02. The van der Waals surface area contributed by atoms with Crippen molar-refractivity contribution in [3.63, 3.8) is 0 Å². The van der Waals surface area contributed by atoms with Crippen LogP contribution in [0.1, 0.15) is 24.5 Å². The van der Waals surface area contributed by atoms with Crippen LogP contribution in [0.5, 0.6) is 0 Å². The van der Waals surface area contributed by atoms with Crippen LogP contribution in [0.25, 0.3) is 0 Å². The van der Waals surface area contributed by atoms with Crippen LogP contribution >= 0.6 is 23.2 Å². The largest absolute Gasteiger partial charge is 0.355 e. The molecule has 0 aliphatic heterocycles. The van der Waals surface area contributed by atoms with Gasteiger partial charge in [-0.15, -0.1) is 0 Å². The van der Waals surface area contributed by atoms with Gasteiger partial charge in [-0.3, -0.25) is 4.79 Å². The van der Waals surface area contributed by atoms with Crippen molar-refractivity contribution < 1.29 is 13.2 Å². The Morgan fingerprint density at radius 2 is 1.74 bits per heavy atom. The van der Waals surface area contributed by atoms with E-state index in [2.05, 4.69) is 5.32 Å². The smallest absolute Gasteiger partial charge is 0.243 e. The fraction of sp³-hybridized carbons (Fsp3) is 0.316. The SMILES string of the molecule is CCCNC(=O)CN(Cc1ccc(Cl)c(Cl)c1)S(=O)(=O)c1ccc(C)cc1. The van der Waals surface area contributed by atoms with Crippen LogP contribution in [0, 0.1) is 6.92 Å². The molecule has 0 saturated heterocycles. The summed E-state index contributed by atoms with van der Waals surface area (Å²) in [5.74, 6) is -0.354. The van der Waals surface area contributed by atoms with Gasteiger partial charge in [0.1, 0.15) is 0 Å². The molecule has 0 aromatic heterocycles. The van der Waals surface area contributed by atoms with E-state index in [1.807, 2.05) is 13.8 Å². The number of nitrogens with one attached hydrogen (secondary N) is 1. The highest BCUT2D eigenvalue weighted by Gasteiger charge is 2.27. The summed E-state index contributed by atoms with van der Waals surface area (Å²) in [7, 11) is -3.86. The number of aryl methyl sites for hydroxylation is 1. The minimum atomic E-state index is -3.86. The molecule has 1 N–H and O–H groups in total. The molecule has 0 aliphatic rings. The molecule has 1 amide bonds. The standard InChI is InChI=1S/C19H22Cl2N2O3S/c1-3-10-22-19(24)13-23(12-15-6-9-17(20)18(21)11-15)27(25,26)16-7-4-14(2)5-8-16/h4-9,11H,3,10,12-13H2,1-2H3,(H,22,24). The Morgan fingerprint density at radius 1 is 1.07 bits per heavy atom. The van der Waals surface area contributed by atoms with Crippen molar-refractivity contribution in [2.75, 3.05) is 13.1 Å². The van der Waals surface area contributed by atoms with Gasteiger partial charge in [-0.2, -0.15) is 4.31 Å². The van der Waals surface area contributed by atoms with Gasteiger partial charge in [0.05, 0.1) is 21.5 Å². The minimum absolute atomic E-state index is 0.00659. The molecule has 0 fully saturated rings. The number of amides is 1. The average Bonchev–Trinajstić information content (AvgIpc) is 2.62. The zero-order chi connectivity index (χ0) is 20.0. The van der Waals surface area contributed by atoms with E-state index in [1.165, 1.54) is 12.1 Å². The normalized spacial score (nSPS) is 11.6. The fourth-order valence-electron chi connectivity index (χ4n) is 2.41. The number of halogens is 2. The number of benzene rings is 2. The monoisotopic (exact) mass is 428 g/mol. The molecule has 2 rings (SSSR count). The first-order chi connectivity index (χ1) is 12.7. The summed E-state index contributed by atoms with van der Waals surface area (Å²) in [6, 6.07) is 11.4. The summed E-state index contributed by atoms with van der Waals surface area (Å²) in [5.41, 5.74) is 1.59. The summed E-state index contributed by atoms with van der Waals surface area (Å²) in [6.45, 7) is 4.02. The zero-order valence-corrected chi connectivity index (χ0v) is 17.5. The molecule has 2 aromatic carbocycles. The zero-order valence-electron chi connectivity index (χ0n) is 15.2. The van der Waals surface area contributed by atoms with Crippen molar-refractivity contribution in [1.29, 1.82) is 0 Å². The van der Waals surface area contributed by atoms with Crippen molar-refractivity contribution in [2.45, 2.75) is 31.7 Å². The van der Waals surface area contributed by atoms with Crippen molar-refractivity contribution in [3.05, 3.63) is 63.6 Å². The molecule has 0 atom stereocenters. The van der Waals surface area contributed by atoms with Gasteiger partial charge in [-0.25, -0.2) is 8.42 Å². The highest BCUT2D eigenvalue weighted by atomic mass is 35.5. The number of sulfonamides is 1. The molecule has 146 valence electrons. The molecule has 2 aromatic rings. The van der Waals surface area contributed by atoms with Crippen molar-refractivity contribution in [1.82, 2.24) is 9.62 Å². The van der Waals surface area contributed by atoms with E-state index in [1.54, 1.807) is 30.3 Å². The molecular weight excluding hydrogens is 407 g/mol. The first-order valence-corrected chi connectivity index (χ1v) is 10.7. The summed E-state index contributed by atoms with van der Waals surface area (Å²) in [5, 5.41) is 3.42. The van der Waals surface area contributed by atoms with Crippen LogP contribution in [0.2, 0.25) is 10.0 Å². The van der Waals surface area contributed by atoms with Gasteiger partial charge in [-0.1, -0.05) is 53.9 Å². The summed E-state index contributed by atoms with van der Waals surface area (Å²) in [4.78, 5) is 12.3. The highest BCUT2D eigenvalue weighted by molar-refractivity contribution is 7.89. The third-order valence-corrected chi connectivity index (χ3v) is 6.44. The average molecular weight is 429 g/mol. The Hall–Kier alpha value is -1.60. The Morgan fingerprint density at radius 3 is 2.33 bits per heavy atom. The number of hydrogen-bond acceptors (Lipinski definition) is 3. The quantitative estimate of drug-likeness (QED) is 0.690. The Labute approximate surface area is 170 Å². The van der Waals surface area contributed by atoms with Crippen LogP contribution in [-0.2, 0) is 21.4 Å². The number of carbonyl (C=O) groups is 1. The molecule has 0 bridgehead atoms. The first kappa shape index (κ1) is 21.7. The Bertz CT molecular complexity index is 900. The molecule has 8 heteroatoms. The molecule has 0 aliphatic carbocycles. The third kappa shape index (κ3) is 5.94. The van der Waals surface area contributed by atoms with Crippen LogP contribution in [-0.4, -0.2) is 31.7 Å². The summed E-state index contributed by atoms with van der Waals surface area (Å²) in [6.07, 6.45) is 0.767. The molecular formula is C19H22Cl2N2O3S. The second-order valence-corrected chi connectivity index (χ2v) is 8.94. The lowest BCUT2D eigenvalue weighted by Crippen LogP contribution is -2.40. The lowest BCUT2D eigenvalue weighted by atomic mass is 10.2. The van der Waals surface area contributed by atoms with Gasteiger partial charge >= 0.3 is 0 Å². The number of rotatable bonds is 8. The van der Waals surface area contributed by atoms with E-state index < -0.39 is 10.0 Å². The molecule has 0 radical (unpaired) electrons. The lowest BCUT2D eigenvalue weighted by Gasteiger charge is -2.22. The molecule has 27 heavy (non-hydrogen) atoms. The fourth-order valence-corrected chi connectivity index (χ4v) is 4.11. The lowest BCUT2D eigenvalue weighted by molar-refractivity contribution is -0.121. The third-order valence-electron chi connectivity index (χ3n) is 3.89. The maximum Gasteiger partial charge on any atom is 0.243 e. The topological polar surface area (TPSA) is 66.5 Å². The second-order valence-electron chi connectivity index (χ2n) is 6.18. The maximum absolute atomic E-state index is 13.1. The Balaban J connectivity index is 2.34. The molecule has 0 unspecified atom stereocenters. The highest BCUT2D eigenvalue weighted by Crippen LogP contribution is 2.25. The number of hydrogen-bond donors (Lipinski definition) is 1. The van der Waals surface area contributed by atoms with Gasteiger partial charge in [-0.05, 0) is 43.2 Å².